The maximum absolute atomic E-state index is 13.0. The number of aromatic nitrogens is 4. The Morgan fingerprint density at radius 1 is 0.882 bits per heavy atom. The summed E-state index contributed by atoms with van der Waals surface area (Å²) in [5.74, 6) is -0.757. The molecule has 6 rings (SSSR count). The maximum Gasteiger partial charge on any atom is 0.315 e. The molecule has 0 bridgehead atoms. The van der Waals surface area contributed by atoms with Gasteiger partial charge in [0.05, 0.1) is 16.9 Å². The molecule has 0 aliphatic carbocycles. The molecule has 3 aromatic carbocycles. The number of aromatic amines is 2. The van der Waals surface area contributed by atoms with Crippen LogP contribution in [0.15, 0.2) is 101 Å². The number of hydrogen-bond donors (Lipinski definition) is 3. The Kier molecular flexibility index (Phi) is 4.55. The molecule has 0 aliphatic heterocycles. The molecule has 8 heteroatoms. The van der Waals surface area contributed by atoms with Crippen LogP contribution in [0.25, 0.3) is 38.8 Å². The lowest BCUT2D eigenvalue weighted by Gasteiger charge is -2.06. The van der Waals surface area contributed by atoms with E-state index in [0.717, 1.165) is 27.8 Å². The minimum absolute atomic E-state index is 0.146. The van der Waals surface area contributed by atoms with Gasteiger partial charge < -0.3 is 15.1 Å². The van der Waals surface area contributed by atoms with Crippen LogP contribution in [-0.2, 0) is 0 Å². The summed E-state index contributed by atoms with van der Waals surface area (Å²) in [5, 5.41) is 24.3. The number of para-hydroxylation sites is 3. The van der Waals surface area contributed by atoms with Crippen LogP contribution in [0.4, 0.5) is 5.69 Å². The molecule has 0 atom stereocenters. The third-order valence-electron chi connectivity index (χ3n) is 5.69. The Morgan fingerprint density at radius 2 is 1.59 bits per heavy atom. The highest BCUT2D eigenvalue weighted by atomic mass is 16.3. The van der Waals surface area contributed by atoms with E-state index in [1.54, 1.807) is 16.8 Å². The highest BCUT2D eigenvalue weighted by molar-refractivity contribution is 5.99. The fourth-order valence-corrected chi connectivity index (χ4v) is 4.09. The molecule has 0 radical (unpaired) electrons. The summed E-state index contributed by atoms with van der Waals surface area (Å²) in [7, 11) is 0. The van der Waals surface area contributed by atoms with Crippen LogP contribution in [0.2, 0.25) is 0 Å². The summed E-state index contributed by atoms with van der Waals surface area (Å²) < 4.78 is 1.72. The summed E-state index contributed by atoms with van der Waals surface area (Å²) in [6.45, 7) is 0. The predicted molar refractivity (Wildman–Crippen MR) is 130 cm³/mol. The van der Waals surface area contributed by atoms with E-state index in [1.807, 2.05) is 79.0 Å². The third kappa shape index (κ3) is 3.25. The van der Waals surface area contributed by atoms with Crippen LogP contribution in [-0.4, -0.2) is 30.8 Å². The fraction of sp³-hybridized carbons (Fsp3) is 0. The van der Waals surface area contributed by atoms with Gasteiger partial charge in [-0.15, -0.1) is 10.2 Å². The topological polar surface area (TPSA) is 111 Å². The summed E-state index contributed by atoms with van der Waals surface area (Å²) in [4.78, 5) is 19.1. The van der Waals surface area contributed by atoms with Gasteiger partial charge in [0, 0.05) is 28.0 Å². The van der Waals surface area contributed by atoms with Crippen molar-refractivity contribution >= 4 is 33.4 Å². The first-order valence-corrected chi connectivity index (χ1v) is 10.7. The van der Waals surface area contributed by atoms with Crippen molar-refractivity contribution in [1.29, 1.82) is 0 Å². The summed E-state index contributed by atoms with van der Waals surface area (Å²) in [6, 6.07) is 26.5. The Hall–Kier alpha value is -4.98. The van der Waals surface area contributed by atoms with Gasteiger partial charge in [-0.1, -0.05) is 54.6 Å². The average molecular weight is 446 g/mol. The first-order chi connectivity index (χ1) is 16.7. The number of fused-ring (bicyclic) bond motifs is 2. The summed E-state index contributed by atoms with van der Waals surface area (Å²) in [5.41, 5.74) is 4.52. The third-order valence-corrected chi connectivity index (χ3v) is 5.69. The van der Waals surface area contributed by atoms with E-state index in [-0.39, 0.29) is 17.3 Å². The molecule has 3 N–H and O–H groups in total. The summed E-state index contributed by atoms with van der Waals surface area (Å²) >= 11 is 0. The predicted octanol–water partition coefficient (Wildman–Crippen LogP) is 6.13. The molecule has 3 heterocycles. The van der Waals surface area contributed by atoms with Crippen molar-refractivity contribution < 1.29 is 9.90 Å². The number of rotatable bonds is 4. The monoisotopic (exact) mass is 446 g/mol. The zero-order valence-electron chi connectivity index (χ0n) is 17.8. The van der Waals surface area contributed by atoms with E-state index >= 15 is 0 Å². The van der Waals surface area contributed by atoms with Gasteiger partial charge in [-0.05, 0) is 30.3 Å². The number of carbonyl (C=O) groups excluding carboxylic acids is 1. The van der Waals surface area contributed by atoms with E-state index in [4.69, 9.17) is 0 Å². The molecule has 0 aliphatic rings. The average Bonchev–Trinajstić information content (AvgIpc) is 3.57. The van der Waals surface area contributed by atoms with E-state index in [9.17, 15) is 9.90 Å². The number of nitrogens with zero attached hydrogens (tertiary/aromatic N) is 4. The first kappa shape index (κ1) is 19.7. The van der Waals surface area contributed by atoms with Gasteiger partial charge >= 0.3 is 5.91 Å². The lowest BCUT2D eigenvalue weighted by Crippen LogP contribution is -2.01. The van der Waals surface area contributed by atoms with Crippen molar-refractivity contribution in [2.75, 3.05) is 0 Å². The van der Waals surface area contributed by atoms with E-state index in [0.29, 0.717) is 10.9 Å². The molecular weight excluding hydrogens is 428 g/mol. The number of nitrogens with one attached hydrogen (secondary N) is 2. The molecule has 0 saturated carbocycles. The second-order valence-electron chi connectivity index (χ2n) is 7.78. The van der Waals surface area contributed by atoms with Crippen molar-refractivity contribution in [3.8, 4) is 22.8 Å². The highest BCUT2D eigenvalue weighted by Gasteiger charge is 2.19. The Morgan fingerprint density at radius 3 is 2.41 bits per heavy atom. The molecule has 0 saturated heterocycles. The van der Waals surface area contributed by atoms with Crippen LogP contribution < -0.4 is 0 Å². The standard InChI is InChI=1S/C26H18N6O2/c33-25(30-29-24-18-11-5-7-13-21(18)28-26(24)34)22-14-23(32(31-22)16-8-2-1-3-9-16)19-15-27-20-12-6-4-10-17(19)20/h1-15,27-28,34H. The number of amides is 1. The van der Waals surface area contributed by atoms with Crippen molar-refractivity contribution in [3.05, 3.63) is 96.8 Å². The smallest absolute Gasteiger partial charge is 0.315 e. The molecule has 3 aromatic heterocycles. The molecule has 0 fully saturated rings. The minimum atomic E-state index is -0.611. The van der Waals surface area contributed by atoms with Crippen LogP contribution >= 0.6 is 0 Å². The second kappa shape index (κ2) is 7.86. The Labute approximate surface area is 193 Å². The number of benzene rings is 3. The number of H-pyrrole nitrogens is 2. The molecule has 8 nitrogen and oxygen atoms in total. The van der Waals surface area contributed by atoms with E-state index < -0.39 is 5.91 Å². The van der Waals surface area contributed by atoms with Crippen molar-refractivity contribution in [1.82, 2.24) is 19.7 Å². The maximum atomic E-state index is 13.0. The number of aromatic hydroxyl groups is 1. The Balaban J connectivity index is 1.44. The van der Waals surface area contributed by atoms with Gasteiger partial charge in [-0.3, -0.25) is 4.79 Å². The number of azo groups is 1. The lowest BCUT2D eigenvalue weighted by molar-refractivity contribution is 0.0990. The van der Waals surface area contributed by atoms with Crippen LogP contribution in [0.5, 0.6) is 5.88 Å². The zero-order chi connectivity index (χ0) is 23.1. The van der Waals surface area contributed by atoms with Crippen molar-refractivity contribution in [3.63, 3.8) is 0 Å². The largest absolute Gasteiger partial charge is 0.493 e. The molecule has 6 aromatic rings. The van der Waals surface area contributed by atoms with Crippen LogP contribution in [0.1, 0.15) is 10.5 Å². The second-order valence-corrected chi connectivity index (χ2v) is 7.78. The van der Waals surface area contributed by atoms with E-state index in [1.165, 1.54) is 0 Å². The van der Waals surface area contributed by atoms with Gasteiger partial charge in [0.25, 0.3) is 0 Å². The van der Waals surface area contributed by atoms with Gasteiger partial charge in [0.2, 0.25) is 5.88 Å². The normalized spacial score (nSPS) is 11.6. The summed E-state index contributed by atoms with van der Waals surface area (Å²) in [6.07, 6.45) is 1.90. The lowest BCUT2D eigenvalue weighted by atomic mass is 10.1. The van der Waals surface area contributed by atoms with Crippen molar-refractivity contribution in [2.45, 2.75) is 0 Å². The first-order valence-electron chi connectivity index (χ1n) is 10.7. The molecule has 34 heavy (non-hydrogen) atoms. The van der Waals surface area contributed by atoms with Gasteiger partial charge in [0.1, 0.15) is 0 Å². The Bertz CT molecular complexity index is 1690. The number of carbonyl (C=O) groups is 1. The fourth-order valence-electron chi connectivity index (χ4n) is 4.09. The highest BCUT2D eigenvalue weighted by Crippen LogP contribution is 2.35. The van der Waals surface area contributed by atoms with Crippen LogP contribution in [0, 0.1) is 0 Å². The minimum Gasteiger partial charge on any atom is -0.493 e. The van der Waals surface area contributed by atoms with Gasteiger partial charge in [-0.2, -0.15) is 5.10 Å². The molecule has 164 valence electrons. The van der Waals surface area contributed by atoms with Crippen molar-refractivity contribution in [2.24, 2.45) is 10.2 Å². The molecule has 0 unspecified atom stereocenters. The SMILES string of the molecule is O=C(N=Nc1c(O)[nH]c2ccccc12)c1cc(-c2c[nH]c3ccccc23)n(-c2ccccc2)n1. The quantitative estimate of drug-likeness (QED) is 0.283. The molecule has 1 amide bonds. The van der Waals surface area contributed by atoms with E-state index in [2.05, 4.69) is 25.3 Å². The molecule has 0 spiro atoms. The molecular formula is C26H18N6O2. The van der Waals surface area contributed by atoms with Crippen LogP contribution in [0.3, 0.4) is 0 Å². The zero-order valence-corrected chi connectivity index (χ0v) is 17.8. The van der Waals surface area contributed by atoms with Gasteiger partial charge in [-0.25, -0.2) is 4.68 Å². The van der Waals surface area contributed by atoms with Gasteiger partial charge in [0.15, 0.2) is 11.4 Å². The number of hydrogen-bond acceptors (Lipinski definition) is 4.